The van der Waals surface area contributed by atoms with Gasteiger partial charge in [0.2, 0.25) is 0 Å². The molecule has 1 saturated heterocycles. The molecule has 0 spiro atoms. The van der Waals surface area contributed by atoms with E-state index in [1.54, 1.807) is 11.8 Å². The Labute approximate surface area is 83.7 Å². The lowest BCUT2D eigenvalue weighted by atomic mass is 9.98. The number of likely N-dealkylation sites (tertiary alicyclic amines) is 1. The second-order valence-electron chi connectivity index (χ2n) is 3.42. The monoisotopic (exact) mass is 199 g/mol. The van der Waals surface area contributed by atoms with Crippen LogP contribution in [-0.4, -0.2) is 36.5 Å². The molecule has 1 heterocycles. The van der Waals surface area contributed by atoms with Crippen LogP contribution in [-0.2, 0) is 9.53 Å². The topological polar surface area (TPSA) is 79.4 Å². The molecule has 0 bridgehead atoms. The third-order valence-corrected chi connectivity index (χ3v) is 2.38. The van der Waals surface area contributed by atoms with Crippen LogP contribution in [0, 0.1) is 11.3 Å². The van der Waals surface area contributed by atoms with E-state index in [1.165, 1.54) is 0 Å². The van der Waals surface area contributed by atoms with Gasteiger partial charge in [0, 0.05) is 13.1 Å². The summed E-state index contributed by atoms with van der Waals surface area (Å²) in [4.78, 5) is 13.1. The summed E-state index contributed by atoms with van der Waals surface area (Å²) in [6.45, 7) is 3.50. The van der Waals surface area contributed by atoms with Crippen LogP contribution < -0.4 is 5.73 Å². The molecule has 14 heavy (non-hydrogen) atoms. The van der Waals surface area contributed by atoms with Crippen molar-refractivity contribution in [2.75, 3.05) is 19.7 Å². The summed E-state index contributed by atoms with van der Waals surface area (Å²) in [5, 5.41) is 7.27. The van der Waals surface area contributed by atoms with Crippen LogP contribution in [0.2, 0.25) is 0 Å². The van der Waals surface area contributed by atoms with Crippen molar-refractivity contribution in [1.29, 1.82) is 5.41 Å². The molecule has 0 saturated carbocycles. The molecule has 0 aliphatic carbocycles. The molecule has 1 fully saturated rings. The zero-order valence-electron chi connectivity index (χ0n) is 8.45. The van der Waals surface area contributed by atoms with E-state index in [-0.39, 0.29) is 17.8 Å². The molecule has 0 aromatic heterocycles. The Morgan fingerprint density at radius 1 is 1.71 bits per heavy atom. The summed E-state index contributed by atoms with van der Waals surface area (Å²) >= 11 is 0. The maximum absolute atomic E-state index is 11.4. The minimum absolute atomic E-state index is 0.0407. The number of piperidine rings is 1. The predicted octanol–water partition coefficient (Wildman–Crippen LogP) is 0.155. The fourth-order valence-corrected chi connectivity index (χ4v) is 1.65. The zero-order valence-corrected chi connectivity index (χ0v) is 8.45. The van der Waals surface area contributed by atoms with E-state index >= 15 is 0 Å². The summed E-state index contributed by atoms with van der Waals surface area (Å²) in [5.41, 5.74) is 5.36. The second kappa shape index (κ2) is 4.83. The van der Waals surface area contributed by atoms with E-state index in [2.05, 4.69) is 0 Å². The Hall–Kier alpha value is -1.26. The highest BCUT2D eigenvalue weighted by Gasteiger charge is 2.27. The lowest BCUT2D eigenvalue weighted by Crippen LogP contribution is -2.45. The Balaban J connectivity index is 2.47. The van der Waals surface area contributed by atoms with Gasteiger partial charge in [-0.3, -0.25) is 10.2 Å². The van der Waals surface area contributed by atoms with E-state index in [4.69, 9.17) is 15.9 Å². The number of nitrogens with zero attached hydrogens (tertiary/aromatic N) is 1. The van der Waals surface area contributed by atoms with Gasteiger partial charge < -0.3 is 15.4 Å². The molecule has 5 heteroatoms. The van der Waals surface area contributed by atoms with Gasteiger partial charge >= 0.3 is 5.97 Å². The third kappa shape index (κ3) is 2.61. The molecule has 5 nitrogen and oxygen atoms in total. The molecular formula is C9H17N3O2. The Morgan fingerprint density at radius 2 is 2.43 bits per heavy atom. The quantitative estimate of drug-likeness (QED) is 0.377. The van der Waals surface area contributed by atoms with Gasteiger partial charge in [-0.1, -0.05) is 0 Å². The second-order valence-corrected chi connectivity index (χ2v) is 3.42. The van der Waals surface area contributed by atoms with Gasteiger partial charge in [0.15, 0.2) is 5.96 Å². The van der Waals surface area contributed by atoms with Crippen molar-refractivity contribution < 1.29 is 9.53 Å². The van der Waals surface area contributed by atoms with Crippen LogP contribution in [0.4, 0.5) is 0 Å². The molecule has 1 atom stereocenters. The number of carbonyl (C=O) groups is 1. The summed E-state index contributed by atoms with van der Waals surface area (Å²) < 4.78 is 4.93. The van der Waals surface area contributed by atoms with Crippen LogP contribution in [0.15, 0.2) is 0 Å². The Kier molecular flexibility index (Phi) is 3.73. The maximum atomic E-state index is 11.4. The molecule has 1 rings (SSSR count). The average Bonchev–Trinajstić information content (AvgIpc) is 2.18. The van der Waals surface area contributed by atoms with Crippen LogP contribution in [0.5, 0.6) is 0 Å². The van der Waals surface area contributed by atoms with Gasteiger partial charge in [-0.25, -0.2) is 0 Å². The van der Waals surface area contributed by atoms with Crippen molar-refractivity contribution in [2.45, 2.75) is 19.8 Å². The van der Waals surface area contributed by atoms with Crippen molar-refractivity contribution in [3.63, 3.8) is 0 Å². The summed E-state index contributed by atoms with van der Waals surface area (Å²) in [5.74, 6) is -0.245. The van der Waals surface area contributed by atoms with Gasteiger partial charge in [-0.15, -0.1) is 0 Å². The number of hydrogen-bond donors (Lipinski definition) is 2. The molecule has 0 radical (unpaired) electrons. The van der Waals surface area contributed by atoms with Crippen molar-refractivity contribution in [3.8, 4) is 0 Å². The predicted molar refractivity (Wildman–Crippen MR) is 52.8 cm³/mol. The van der Waals surface area contributed by atoms with Gasteiger partial charge in [-0.2, -0.15) is 0 Å². The third-order valence-electron chi connectivity index (χ3n) is 2.38. The van der Waals surface area contributed by atoms with Crippen LogP contribution in [0.25, 0.3) is 0 Å². The number of rotatable bonds is 2. The van der Waals surface area contributed by atoms with E-state index in [9.17, 15) is 4.79 Å². The molecule has 1 aliphatic rings. The average molecular weight is 199 g/mol. The van der Waals surface area contributed by atoms with Gasteiger partial charge in [0.25, 0.3) is 0 Å². The minimum Gasteiger partial charge on any atom is -0.466 e. The first-order chi connectivity index (χ1) is 6.65. The van der Waals surface area contributed by atoms with E-state index in [0.29, 0.717) is 13.2 Å². The van der Waals surface area contributed by atoms with Gasteiger partial charge in [-0.05, 0) is 19.8 Å². The maximum Gasteiger partial charge on any atom is 0.310 e. The Morgan fingerprint density at radius 3 is 3.00 bits per heavy atom. The largest absolute Gasteiger partial charge is 0.466 e. The molecular weight excluding hydrogens is 182 g/mol. The highest BCUT2D eigenvalue weighted by atomic mass is 16.5. The summed E-state index contributed by atoms with van der Waals surface area (Å²) in [6.07, 6.45) is 1.73. The number of ether oxygens (including phenoxy) is 1. The SMILES string of the molecule is CCOC(=O)[C@H]1CCCN(C(=N)N)C1. The Bertz CT molecular complexity index is 230. The number of nitrogens with two attached hydrogens (primary N) is 1. The number of carbonyl (C=O) groups excluding carboxylic acids is 1. The molecule has 3 N–H and O–H groups in total. The summed E-state index contributed by atoms with van der Waals surface area (Å²) in [7, 11) is 0. The van der Waals surface area contributed by atoms with E-state index in [1.807, 2.05) is 0 Å². The molecule has 0 aromatic rings. The van der Waals surface area contributed by atoms with Crippen molar-refractivity contribution >= 4 is 11.9 Å². The first kappa shape index (κ1) is 10.8. The number of nitrogens with one attached hydrogen (secondary N) is 1. The standard InChI is InChI=1S/C9H17N3O2/c1-2-14-8(13)7-4-3-5-12(6-7)9(10)11/h7H,2-6H2,1H3,(H3,10,11)/t7-/m0/s1. The van der Waals surface area contributed by atoms with E-state index < -0.39 is 0 Å². The summed E-state index contributed by atoms with van der Waals surface area (Å²) in [6, 6.07) is 0. The number of esters is 1. The number of guanidine groups is 1. The van der Waals surface area contributed by atoms with E-state index in [0.717, 1.165) is 19.4 Å². The fraction of sp³-hybridized carbons (Fsp3) is 0.778. The van der Waals surface area contributed by atoms with Crippen LogP contribution in [0.3, 0.4) is 0 Å². The lowest BCUT2D eigenvalue weighted by Gasteiger charge is -2.31. The van der Waals surface area contributed by atoms with Crippen molar-refractivity contribution in [2.24, 2.45) is 11.7 Å². The normalized spacial score (nSPS) is 21.8. The minimum atomic E-state index is -0.168. The fourth-order valence-electron chi connectivity index (χ4n) is 1.65. The van der Waals surface area contributed by atoms with Crippen LogP contribution in [0.1, 0.15) is 19.8 Å². The van der Waals surface area contributed by atoms with Gasteiger partial charge in [0.1, 0.15) is 0 Å². The lowest BCUT2D eigenvalue weighted by molar-refractivity contribution is -0.149. The van der Waals surface area contributed by atoms with Gasteiger partial charge in [0.05, 0.1) is 12.5 Å². The van der Waals surface area contributed by atoms with Crippen molar-refractivity contribution in [3.05, 3.63) is 0 Å². The molecule has 0 unspecified atom stereocenters. The molecule has 1 aliphatic heterocycles. The number of hydrogen-bond acceptors (Lipinski definition) is 3. The highest BCUT2D eigenvalue weighted by Crippen LogP contribution is 2.17. The highest BCUT2D eigenvalue weighted by molar-refractivity contribution is 5.77. The van der Waals surface area contributed by atoms with Crippen molar-refractivity contribution in [1.82, 2.24) is 4.90 Å². The molecule has 80 valence electrons. The first-order valence-electron chi connectivity index (χ1n) is 4.90. The first-order valence-corrected chi connectivity index (χ1v) is 4.90. The molecule has 0 aromatic carbocycles. The molecule has 0 amide bonds. The zero-order chi connectivity index (χ0) is 10.6. The van der Waals surface area contributed by atoms with Crippen LogP contribution >= 0.6 is 0 Å². The smallest absolute Gasteiger partial charge is 0.310 e.